The van der Waals surface area contributed by atoms with Gasteiger partial charge in [0.25, 0.3) is 0 Å². The molecule has 1 atom stereocenters. The maximum absolute atomic E-state index is 12.7. The molecule has 11 heteroatoms. The van der Waals surface area contributed by atoms with Gasteiger partial charge in [0.05, 0.1) is 11.9 Å². The lowest BCUT2D eigenvalue weighted by molar-refractivity contribution is -0.451. The number of aromatic nitrogens is 1. The van der Waals surface area contributed by atoms with Crippen molar-refractivity contribution < 1.29 is 22.6 Å². The number of urea groups is 1. The van der Waals surface area contributed by atoms with Gasteiger partial charge in [-0.1, -0.05) is 6.08 Å². The molecule has 8 nitrogen and oxygen atoms in total. The van der Waals surface area contributed by atoms with Gasteiger partial charge in [-0.15, -0.1) is 11.3 Å². The highest BCUT2D eigenvalue weighted by Gasteiger charge is 2.46. The molecule has 1 aromatic heterocycles. The summed E-state index contributed by atoms with van der Waals surface area (Å²) in [6.07, 6.45) is 7.73. The molecule has 0 aromatic carbocycles. The van der Waals surface area contributed by atoms with Crippen LogP contribution in [0.2, 0.25) is 0 Å². The van der Waals surface area contributed by atoms with Gasteiger partial charge in [-0.25, -0.2) is 22.9 Å². The Morgan fingerprint density at radius 1 is 1.43 bits per heavy atom. The van der Waals surface area contributed by atoms with E-state index in [-0.39, 0.29) is 12.1 Å². The molecular weight excluding hydrogens is 468 g/mol. The van der Waals surface area contributed by atoms with Crippen molar-refractivity contribution in [1.29, 1.82) is 0 Å². The molecule has 1 saturated carbocycles. The quantitative estimate of drug-likeness (QED) is 0.640. The molecule has 28 heavy (non-hydrogen) atoms. The number of allylic oxidation sites excluding steroid dienone is 1. The average Bonchev–Trinajstić information content (AvgIpc) is 3.20. The van der Waals surface area contributed by atoms with Crippen molar-refractivity contribution >= 4 is 54.9 Å². The summed E-state index contributed by atoms with van der Waals surface area (Å²) in [5, 5.41) is -0.964. The third-order valence-corrected chi connectivity index (χ3v) is 8.23. The summed E-state index contributed by atoms with van der Waals surface area (Å²) in [5.41, 5.74) is 0.218. The smallest absolute Gasteiger partial charge is 0.241 e. The number of hydrogen-bond donors (Lipinski definition) is 1. The summed E-state index contributed by atoms with van der Waals surface area (Å²) in [7, 11) is -2.28. The second kappa shape index (κ2) is 6.68. The number of hydrogen-bond acceptors (Lipinski definition) is 6. The number of nitrogens with zero attached hydrogens (tertiary/aromatic N) is 3. The van der Waals surface area contributed by atoms with Crippen LogP contribution in [0.4, 0.5) is 4.79 Å². The van der Waals surface area contributed by atoms with E-state index in [2.05, 4.69) is 25.6 Å². The average molecular weight is 486 g/mol. The summed E-state index contributed by atoms with van der Waals surface area (Å²) in [6.45, 7) is 2.10. The van der Waals surface area contributed by atoms with Crippen LogP contribution in [0.25, 0.3) is 0 Å². The van der Waals surface area contributed by atoms with Crippen molar-refractivity contribution in [1.82, 2.24) is 14.6 Å². The fourth-order valence-corrected chi connectivity index (χ4v) is 6.08. The van der Waals surface area contributed by atoms with Gasteiger partial charge in [-0.3, -0.25) is 0 Å². The monoisotopic (exact) mass is 485 g/mol. The number of halogens is 1. The number of amides is 3. The minimum atomic E-state index is -3.67. The van der Waals surface area contributed by atoms with Crippen LogP contribution in [0.5, 0.6) is 0 Å². The van der Waals surface area contributed by atoms with Crippen molar-refractivity contribution in [2.45, 2.75) is 37.1 Å². The highest BCUT2D eigenvalue weighted by atomic mass is 79.9. The Hall–Kier alpha value is -1.69. The number of nitrogens with one attached hydrogen (secondary N) is 1. The van der Waals surface area contributed by atoms with E-state index in [1.807, 2.05) is 6.92 Å². The topological polar surface area (TPSA) is 99.5 Å². The zero-order valence-corrected chi connectivity index (χ0v) is 18.4. The first-order chi connectivity index (χ1) is 13.1. The first-order valence-corrected chi connectivity index (χ1v) is 11.8. The number of imide groups is 1. The number of carbonyl (C=O) groups excluding carboxylic acids is 2. The number of sulfonamides is 1. The Balaban J connectivity index is 1.72. The van der Waals surface area contributed by atoms with Crippen molar-refractivity contribution in [3.8, 4) is 0 Å². The first-order valence-electron chi connectivity index (χ1n) is 8.59. The van der Waals surface area contributed by atoms with Crippen molar-refractivity contribution in [2.75, 3.05) is 7.05 Å². The summed E-state index contributed by atoms with van der Waals surface area (Å²) in [5.74, 6) is -0.510. The SMILES string of the molecule is CN1C(=O)C2=CC(S(=O)(=O)NC3(C)CC3)C=CC2=[N+](Cc2cnc(Br)s2)C1=O. The lowest BCUT2D eigenvalue weighted by atomic mass is 10.00. The van der Waals surface area contributed by atoms with Crippen LogP contribution in [0.3, 0.4) is 0 Å². The minimum Gasteiger partial charge on any atom is -0.241 e. The Morgan fingerprint density at radius 2 is 2.14 bits per heavy atom. The van der Waals surface area contributed by atoms with Gasteiger partial charge < -0.3 is 0 Å². The summed E-state index contributed by atoms with van der Waals surface area (Å²) in [6, 6.07) is -0.462. The zero-order valence-electron chi connectivity index (χ0n) is 15.2. The number of rotatable bonds is 5. The van der Waals surface area contributed by atoms with Gasteiger partial charge in [0.2, 0.25) is 10.0 Å². The molecular formula is C17H18BrN4O4S2+. The molecule has 2 heterocycles. The van der Waals surface area contributed by atoms with Crippen LogP contribution in [-0.4, -0.2) is 58.4 Å². The lowest BCUT2D eigenvalue weighted by Crippen LogP contribution is -2.50. The molecule has 1 N–H and O–H groups in total. The van der Waals surface area contributed by atoms with E-state index in [9.17, 15) is 18.0 Å². The van der Waals surface area contributed by atoms with Crippen LogP contribution in [-0.2, 0) is 21.4 Å². The second-order valence-corrected chi connectivity index (χ2v) is 11.5. The molecule has 2 aliphatic carbocycles. The van der Waals surface area contributed by atoms with Crippen LogP contribution in [0.1, 0.15) is 24.6 Å². The molecule has 148 valence electrons. The van der Waals surface area contributed by atoms with Crippen molar-refractivity contribution in [3.05, 3.63) is 38.8 Å². The molecule has 1 unspecified atom stereocenters. The van der Waals surface area contributed by atoms with E-state index < -0.39 is 32.8 Å². The molecule has 0 spiro atoms. The van der Waals surface area contributed by atoms with Crippen molar-refractivity contribution in [2.24, 2.45) is 0 Å². The predicted octanol–water partition coefficient (Wildman–Crippen LogP) is 1.79. The molecule has 1 aromatic rings. The molecule has 1 fully saturated rings. The van der Waals surface area contributed by atoms with Crippen LogP contribution < -0.4 is 4.72 Å². The fourth-order valence-electron chi connectivity index (χ4n) is 3.11. The molecule has 3 amide bonds. The minimum absolute atomic E-state index is 0.213. The first kappa shape index (κ1) is 19.6. The molecule has 0 radical (unpaired) electrons. The summed E-state index contributed by atoms with van der Waals surface area (Å²) in [4.78, 5) is 31.3. The van der Waals surface area contributed by atoms with Gasteiger partial charge in [-0.2, -0.15) is 14.3 Å². The second-order valence-electron chi connectivity index (χ2n) is 7.31. The Bertz CT molecular complexity index is 1080. The highest BCUT2D eigenvalue weighted by molar-refractivity contribution is 9.11. The van der Waals surface area contributed by atoms with E-state index in [0.717, 1.165) is 22.6 Å². The standard InChI is InChI=1S/C17H18BrN4O4S2/c1-17(5-6-17)20-28(25,26)11-3-4-13-12(7-11)14(23)21(2)16(24)22(13)9-10-8-19-15(18)27-10/h3-4,7-8,11,20H,5-6,9H2,1-2H3/q+1. The highest BCUT2D eigenvalue weighted by Crippen LogP contribution is 2.36. The van der Waals surface area contributed by atoms with Gasteiger partial charge in [0, 0.05) is 11.7 Å². The Labute approximate surface area is 174 Å². The van der Waals surface area contributed by atoms with E-state index in [1.165, 1.54) is 35.1 Å². The molecule has 3 aliphatic rings. The van der Waals surface area contributed by atoms with Gasteiger partial charge >= 0.3 is 11.9 Å². The van der Waals surface area contributed by atoms with E-state index in [1.54, 1.807) is 12.3 Å². The van der Waals surface area contributed by atoms with Gasteiger partial charge in [0.1, 0.15) is 23.1 Å². The van der Waals surface area contributed by atoms with E-state index >= 15 is 0 Å². The lowest BCUT2D eigenvalue weighted by Gasteiger charge is -2.24. The summed E-state index contributed by atoms with van der Waals surface area (Å²) < 4.78 is 30.3. The zero-order chi connectivity index (χ0) is 20.3. The van der Waals surface area contributed by atoms with Gasteiger partial charge in [-0.05, 0) is 47.8 Å². The number of carbonyl (C=O) groups is 2. The van der Waals surface area contributed by atoms with E-state index in [0.29, 0.717) is 9.63 Å². The third-order valence-electron chi connectivity index (χ3n) is 4.98. The molecule has 0 bridgehead atoms. The maximum Gasteiger partial charge on any atom is 0.501 e. The van der Waals surface area contributed by atoms with E-state index in [4.69, 9.17) is 0 Å². The van der Waals surface area contributed by atoms with Crippen molar-refractivity contribution in [3.63, 3.8) is 0 Å². The number of fused-ring (bicyclic) bond motifs is 1. The summed E-state index contributed by atoms with van der Waals surface area (Å²) >= 11 is 4.68. The molecule has 4 rings (SSSR count). The molecule has 1 aliphatic heterocycles. The van der Waals surface area contributed by atoms with Gasteiger partial charge in [0.15, 0.2) is 3.92 Å². The van der Waals surface area contributed by atoms with Crippen LogP contribution in [0, 0.1) is 0 Å². The fraction of sp³-hybridized carbons (Fsp3) is 0.412. The number of thiazole rings is 1. The normalized spacial score (nSPS) is 23.8. The molecule has 0 saturated heterocycles. The largest absolute Gasteiger partial charge is 0.501 e. The predicted molar refractivity (Wildman–Crippen MR) is 108 cm³/mol. The number of likely N-dealkylation sites (N-methyl/N-ethyl adjacent to an activating group) is 1. The van der Waals surface area contributed by atoms with Crippen LogP contribution >= 0.6 is 27.3 Å². The Kier molecular flexibility index (Phi) is 4.68. The maximum atomic E-state index is 12.7. The van der Waals surface area contributed by atoms with Crippen LogP contribution in [0.15, 0.2) is 33.9 Å². The Morgan fingerprint density at radius 3 is 2.75 bits per heavy atom. The third kappa shape index (κ3) is 3.51.